The molecule has 0 spiro atoms. The monoisotopic (exact) mass is 320 g/mol. The summed E-state index contributed by atoms with van der Waals surface area (Å²) < 4.78 is 0. The van der Waals surface area contributed by atoms with E-state index in [1.807, 2.05) is 12.1 Å². The molecule has 0 N–H and O–H groups in total. The molecule has 2 atom stereocenters. The SMILES string of the molecule is Cc1ccccc1SCC(=O)N1C[C@@H](N(C)C)[C@H](C(C)C)C1. The van der Waals surface area contributed by atoms with Gasteiger partial charge in [-0.1, -0.05) is 32.0 Å². The van der Waals surface area contributed by atoms with E-state index >= 15 is 0 Å². The molecule has 122 valence electrons. The zero-order valence-electron chi connectivity index (χ0n) is 14.4. The summed E-state index contributed by atoms with van der Waals surface area (Å²) in [7, 11) is 4.24. The molecule has 0 bridgehead atoms. The number of amides is 1. The lowest BCUT2D eigenvalue weighted by Crippen LogP contribution is -2.37. The van der Waals surface area contributed by atoms with Gasteiger partial charge in [0.05, 0.1) is 5.75 Å². The maximum atomic E-state index is 12.6. The van der Waals surface area contributed by atoms with Crippen LogP contribution in [0.2, 0.25) is 0 Å². The first-order valence-corrected chi connectivity index (χ1v) is 9.01. The molecule has 1 saturated heterocycles. The van der Waals surface area contributed by atoms with Crippen molar-refractivity contribution in [2.75, 3.05) is 32.9 Å². The molecule has 0 unspecified atom stereocenters. The van der Waals surface area contributed by atoms with Gasteiger partial charge >= 0.3 is 0 Å². The molecule has 1 heterocycles. The predicted octanol–water partition coefficient (Wildman–Crippen LogP) is 3.13. The molecule has 1 aromatic rings. The van der Waals surface area contributed by atoms with Gasteiger partial charge in [-0.15, -0.1) is 11.8 Å². The van der Waals surface area contributed by atoms with Gasteiger partial charge in [-0.05, 0) is 44.5 Å². The number of aryl methyl sites for hydroxylation is 1. The third-order valence-corrected chi connectivity index (χ3v) is 5.81. The first-order chi connectivity index (χ1) is 10.4. The van der Waals surface area contributed by atoms with Crippen molar-refractivity contribution >= 4 is 17.7 Å². The number of likely N-dealkylation sites (tertiary alicyclic amines) is 1. The van der Waals surface area contributed by atoms with Gasteiger partial charge in [-0.25, -0.2) is 0 Å². The summed E-state index contributed by atoms with van der Waals surface area (Å²) in [6, 6.07) is 8.74. The second-order valence-electron chi connectivity index (χ2n) is 6.79. The summed E-state index contributed by atoms with van der Waals surface area (Å²) in [5, 5.41) is 0. The molecule has 0 saturated carbocycles. The highest BCUT2D eigenvalue weighted by atomic mass is 32.2. The van der Waals surface area contributed by atoms with E-state index in [0.717, 1.165) is 13.1 Å². The molecule has 0 aromatic heterocycles. The number of hydrogen-bond acceptors (Lipinski definition) is 3. The Morgan fingerprint density at radius 2 is 2.00 bits per heavy atom. The van der Waals surface area contributed by atoms with E-state index in [1.54, 1.807) is 11.8 Å². The average Bonchev–Trinajstić information content (AvgIpc) is 2.92. The van der Waals surface area contributed by atoms with Crippen molar-refractivity contribution in [2.24, 2.45) is 11.8 Å². The molecule has 1 aliphatic heterocycles. The number of nitrogens with zero attached hydrogens (tertiary/aromatic N) is 2. The second kappa shape index (κ2) is 7.51. The molecule has 1 aliphatic rings. The van der Waals surface area contributed by atoms with Crippen LogP contribution in [0.5, 0.6) is 0 Å². The zero-order chi connectivity index (χ0) is 16.3. The van der Waals surface area contributed by atoms with E-state index in [1.165, 1.54) is 10.5 Å². The number of likely N-dealkylation sites (N-methyl/N-ethyl adjacent to an activating group) is 1. The van der Waals surface area contributed by atoms with E-state index in [-0.39, 0.29) is 5.91 Å². The van der Waals surface area contributed by atoms with E-state index in [2.05, 4.69) is 56.8 Å². The molecule has 0 radical (unpaired) electrons. The Morgan fingerprint density at radius 1 is 1.32 bits per heavy atom. The maximum Gasteiger partial charge on any atom is 0.232 e. The molecule has 1 amide bonds. The van der Waals surface area contributed by atoms with Crippen molar-refractivity contribution in [3.8, 4) is 0 Å². The van der Waals surface area contributed by atoms with E-state index in [4.69, 9.17) is 0 Å². The minimum atomic E-state index is 0.267. The smallest absolute Gasteiger partial charge is 0.232 e. The summed E-state index contributed by atoms with van der Waals surface area (Å²) in [4.78, 5) is 18.1. The molecule has 22 heavy (non-hydrogen) atoms. The molecule has 4 heteroatoms. The fourth-order valence-electron chi connectivity index (χ4n) is 3.17. The van der Waals surface area contributed by atoms with Crippen molar-refractivity contribution in [3.05, 3.63) is 29.8 Å². The third kappa shape index (κ3) is 4.05. The third-order valence-electron chi connectivity index (χ3n) is 4.65. The first-order valence-electron chi connectivity index (χ1n) is 8.02. The largest absolute Gasteiger partial charge is 0.340 e. The van der Waals surface area contributed by atoms with Crippen LogP contribution < -0.4 is 0 Å². The van der Waals surface area contributed by atoms with Crippen molar-refractivity contribution in [3.63, 3.8) is 0 Å². The Labute approximate surface area is 139 Å². The highest BCUT2D eigenvalue weighted by Gasteiger charge is 2.37. The predicted molar refractivity (Wildman–Crippen MR) is 94.3 cm³/mol. The van der Waals surface area contributed by atoms with Crippen molar-refractivity contribution in [1.82, 2.24) is 9.80 Å². The second-order valence-corrected chi connectivity index (χ2v) is 7.81. The van der Waals surface area contributed by atoms with E-state index < -0.39 is 0 Å². The van der Waals surface area contributed by atoms with Crippen molar-refractivity contribution in [1.29, 1.82) is 0 Å². The summed E-state index contributed by atoms with van der Waals surface area (Å²) in [6.45, 7) is 8.38. The number of carbonyl (C=O) groups is 1. The molecular formula is C18H28N2OS. The lowest BCUT2D eigenvalue weighted by atomic mass is 9.91. The topological polar surface area (TPSA) is 23.6 Å². The molecule has 2 rings (SSSR count). The molecule has 3 nitrogen and oxygen atoms in total. The Hall–Kier alpha value is -1.00. The summed E-state index contributed by atoms with van der Waals surface area (Å²) in [6.07, 6.45) is 0. The number of thioether (sulfide) groups is 1. The number of hydrogen-bond donors (Lipinski definition) is 0. The number of rotatable bonds is 5. The van der Waals surface area contributed by atoms with Gasteiger partial charge in [0.15, 0.2) is 0 Å². The normalized spacial score (nSPS) is 21.9. The Bertz CT molecular complexity index is 500. The van der Waals surface area contributed by atoms with Crippen LogP contribution in [0.25, 0.3) is 0 Å². The van der Waals surface area contributed by atoms with Crippen molar-refractivity contribution < 1.29 is 4.79 Å². The molecule has 1 aromatic carbocycles. The van der Waals surface area contributed by atoms with Gasteiger partial charge in [-0.2, -0.15) is 0 Å². The summed E-state index contributed by atoms with van der Waals surface area (Å²) in [5.41, 5.74) is 1.24. The van der Waals surface area contributed by atoms with Crippen molar-refractivity contribution in [2.45, 2.75) is 31.7 Å². The maximum absolute atomic E-state index is 12.6. The average molecular weight is 321 g/mol. The lowest BCUT2D eigenvalue weighted by molar-refractivity contribution is -0.127. The van der Waals surface area contributed by atoms with Crippen LogP contribution in [0.15, 0.2) is 29.2 Å². The van der Waals surface area contributed by atoms with E-state index in [0.29, 0.717) is 23.6 Å². The summed E-state index contributed by atoms with van der Waals surface area (Å²) in [5.74, 6) is 1.98. The minimum absolute atomic E-state index is 0.267. The van der Waals surface area contributed by atoms with Gasteiger partial charge in [0.25, 0.3) is 0 Å². The van der Waals surface area contributed by atoms with Crippen LogP contribution >= 0.6 is 11.8 Å². The van der Waals surface area contributed by atoms with Crippen LogP contribution in [0.4, 0.5) is 0 Å². The molecule has 0 aliphatic carbocycles. The Morgan fingerprint density at radius 3 is 2.55 bits per heavy atom. The van der Waals surface area contributed by atoms with Crippen LogP contribution in [-0.2, 0) is 4.79 Å². The number of benzene rings is 1. The summed E-state index contributed by atoms with van der Waals surface area (Å²) >= 11 is 1.66. The van der Waals surface area contributed by atoms with Crippen LogP contribution in [0.3, 0.4) is 0 Å². The Balaban J connectivity index is 1.95. The van der Waals surface area contributed by atoms with Gasteiger partial charge in [-0.3, -0.25) is 4.79 Å². The van der Waals surface area contributed by atoms with Gasteiger partial charge < -0.3 is 9.80 Å². The zero-order valence-corrected chi connectivity index (χ0v) is 15.2. The minimum Gasteiger partial charge on any atom is -0.340 e. The van der Waals surface area contributed by atoms with Crippen LogP contribution in [0.1, 0.15) is 19.4 Å². The van der Waals surface area contributed by atoms with Crippen LogP contribution in [-0.4, -0.2) is 54.7 Å². The van der Waals surface area contributed by atoms with E-state index in [9.17, 15) is 4.79 Å². The first kappa shape index (κ1) is 17.4. The van der Waals surface area contributed by atoms with Gasteiger partial charge in [0.1, 0.15) is 0 Å². The highest BCUT2D eigenvalue weighted by molar-refractivity contribution is 8.00. The fourth-order valence-corrected chi connectivity index (χ4v) is 4.10. The quantitative estimate of drug-likeness (QED) is 0.779. The lowest BCUT2D eigenvalue weighted by Gasteiger charge is -2.27. The fraction of sp³-hybridized carbons (Fsp3) is 0.611. The molecule has 1 fully saturated rings. The molecular weight excluding hydrogens is 292 g/mol. The highest BCUT2D eigenvalue weighted by Crippen LogP contribution is 2.28. The number of carbonyl (C=O) groups excluding carboxylic acids is 1. The van der Waals surface area contributed by atoms with Crippen LogP contribution in [0, 0.1) is 18.8 Å². The van der Waals surface area contributed by atoms with Gasteiger partial charge in [0, 0.05) is 24.0 Å². The Kier molecular flexibility index (Phi) is 5.93. The standard InChI is InChI=1S/C18H28N2OS/c1-13(2)15-10-20(11-16(15)19(4)5)18(21)12-22-17-9-7-6-8-14(17)3/h6-9,13,15-16H,10-12H2,1-5H3/t15-,16+/m0/s1. The van der Waals surface area contributed by atoms with Gasteiger partial charge in [0.2, 0.25) is 5.91 Å².